The summed E-state index contributed by atoms with van der Waals surface area (Å²) in [6.07, 6.45) is 1.71. The number of hydrogen-bond acceptors (Lipinski definition) is 5. The van der Waals surface area contributed by atoms with E-state index in [1.54, 1.807) is 4.57 Å². The van der Waals surface area contributed by atoms with Crippen molar-refractivity contribution in [1.82, 2.24) is 18.5 Å². The predicted octanol–water partition coefficient (Wildman–Crippen LogP) is 3.11. The van der Waals surface area contributed by atoms with E-state index in [9.17, 15) is 4.79 Å². The molecule has 3 rings (SSSR count). The van der Waals surface area contributed by atoms with Crippen LogP contribution in [0.2, 0.25) is 0 Å². The average Bonchev–Trinajstić information content (AvgIpc) is 2.81. The molecule has 0 atom stereocenters. The van der Waals surface area contributed by atoms with Crippen LogP contribution in [0.1, 0.15) is 38.6 Å². The fourth-order valence-electron chi connectivity index (χ4n) is 2.79. The van der Waals surface area contributed by atoms with E-state index in [0.29, 0.717) is 23.5 Å². The van der Waals surface area contributed by atoms with Crippen LogP contribution in [-0.2, 0) is 13.0 Å². The molecule has 0 radical (unpaired) electrons. The maximum Gasteiger partial charge on any atom is 0.340 e. The Labute approximate surface area is 152 Å². The molecule has 0 bridgehead atoms. The van der Waals surface area contributed by atoms with E-state index >= 15 is 0 Å². The van der Waals surface area contributed by atoms with Gasteiger partial charge in [0.1, 0.15) is 11.3 Å². The molecule has 0 unspecified atom stereocenters. The Kier molecular flexibility index (Phi) is 5.13. The van der Waals surface area contributed by atoms with Crippen molar-refractivity contribution in [2.24, 2.45) is 0 Å². The van der Waals surface area contributed by atoms with Gasteiger partial charge in [0.25, 0.3) is 0 Å². The second-order valence-electron chi connectivity index (χ2n) is 6.38. The number of rotatable bonds is 6. The summed E-state index contributed by atoms with van der Waals surface area (Å²) in [5.41, 5.74) is 2.07. The first-order valence-corrected chi connectivity index (χ1v) is 8.93. The number of nitrogens with one attached hydrogen (secondary N) is 1. The number of fused-ring (bicyclic) bond motifs is 1. The molecule has 0 aliphatic heterocycles. The first kappa shape index (κ1) is 17.5. The molecule has 6 nitrogen and oxygen atoms in total. The third-order valence-electron chi connectivity index (χ3n) is 3.87. The minimum atomic E-state index is -0.211. The summed E-state index contributed by atoms with van der Waals surface area (Å²) in [5.74, 6) is 1.39. The van der Waals surface area contributed by atoms with Gasteiger partial charge in [-0.05, 0) is 25.8 Å². The fraction of sp³-hybridized carbons (Fsp3) is 0.389. The fourth-order valence-corrected chi connectivity index (χ4v) is 3.08. The molecule has 1 N–H and O–H groups in total. The van der Waals surface area contributed by atoms with Gasteiger partial charge in [-0.2, -0.15) is 0 Å². The topological polar surface area (TPSA) is 64.7 Å². The van der Waals surface area contributed by atoms with Crippen LogP contribution in [0.3, 0.4) is 0 Å². The highest BCUT2D eigenvalue weighted by molar-refractivity contribution is 7.78. The zero-order valence-corrected chi connectivity index (χ0v) is 15.6. The van der Waals surface area contributed by atoms with Gasteiger partial charge in [-0.25, -0.2) is 18.7 Å². The molecule has 2 aromatic heterocycles. The molecule has 0 saturated carbocycles. The highest BCUT2D eigenvalue weighted by Crippen LogP contribution is 2.22. The van der Waals surface area contributed by atoms with Gasteiger partial charge >= 0.3 is 5.69 Å². The van der Waals surface area contributed by atoms with Gasteiger partial charge in [0.05, 0.1) is 6.54 Å². The molecule has 25 heavy (non-hydrogen) atoms. The van der Waals surface area contributed by atoms with Crippen LogP contribution in [0, 0.1) is 0 Å². The quantitative estimate of drug-likeness (QED) is 0.666. The number of benzene rings is 1. The average molecular weight is 357 g/mol. The molecule has 0 aliphatic carbocycles. The first-order valence-electron chi connectivity index (χ1n) is 8.53. The zero-order valence-electron chi connectivity index (χ0n) is 14.7. The van der Waals surface area contributed by atoms with E-state index in [1.165, 1.54) is 3.97 Å². The van der Waals surface area contributed by atoms with Crippen molar-refractivity contribution in [3.8, 4) is 0 Å². The van der Waals surface area contributed by atoms with E-state index in [0.717, 1.165) is 24.2 Å². The number of thiol groups is 1. The second-order valence-corrected chi connectivity index (χ2v) is 6.78. The van der Waals surface area contributed by atoms with Crippen LogP contribution < -0.4 is 11.0 Å². The van der Waals surface area contributed by atoms with Gasteiger partial charge in [0.2, 0.25) is 0 Å². The summed E-state index contributed by atoms with van der Waals surface area (Å²) in [7, 11) is 0. The molecule has 7 heteroatoms. The molecule has 0 amide bonds. The lowest BCUT2D eigenvalue weighted by atomic mass is 10.2. The zero-order chi connectivity index (χ0) is 18.0. The van der Waals surface area contributed by atoms with Gasteiger partial charge < -0.3 is 5.32 Å². The van der Waals surface area contributed by atoms with Gasteiger partial charge in [0.15, 0.2) is 11.5 Å². The molecule has 0 fully saturated rings. The van der Waals surface area contributed by atoms with E-state index < -0.39 is 0 Å². The minimum absolute atomic E-state index is 0.188. The molecule has 2 heterocycles. The van der Waals surface area contributed by atoms with Gasteiger partial charge in [-0.3, -0.25) is 4.57 Å². The normalized spacial score (nSPS) is 11.4. The Hall–Kier alpha value is -2.28. The number of aromatic nitrogens is 4. The van der Waals surface area contributed by atoms with Crippen molar-refractivity contribution in [3.05, 3.63) is 52.2 Å². The van der Waals surface area contributed by atoms with E-state index in [1.807, 2.05) is 44.2 Å². The highest BCUT2D eigenvalue weighted by atomic mass is 32.1. The lowest BCUT2D eigenvalue weighted by molar-refractivity contribution is 0.763. The Balaban J connectivity index is 2.21. The van der Waals surface area contributed by atoms with Crippen LogP contribution in [0.4, 0.5) is 5.82 Å². The maximum atomic E-state index is 12.8. The minimum Gasteiger partial charge on any atom is -0.366 e. The van der Waals surface area contributed by atoms with Crippen molar-refractivity contribution >= 4 is 29.8 Å². The maximum absolute atomic E-state index is 12.8. The van der Waals surface area contributed by atoms with Crippen molar-refractivity contribution < 1.29 is 0 Å². The largest absolute Gasteiger partial charge is 0.366 e. The molecular weight excluding hydrogens is 334 g/mol. The van der Waals surface area contributed by atoms with Crippen molar-refractivity contribution in [1.29, 1.82) is 0 Å². The molecule has 0 spiro atoms. The van der Waals surface area contributed by atoms with Gasteiger partial charge in [0, 0.05) is 12.5 Å². The molecule has 3 aromatic rings. The van der Waals surface area contributed by atoms with Crippen LogP contribution >= 0.6 is 12.8 Å². The molecule has 132 valence electrons. The SMILES string of the molecule is CCCc1nc(NC(C)C)c2c(n1)n(Cc1ccccc1)c(=O)n2S. The number of nitrogens with zero attached hydrogens (tertiary/aromatic N) is 4. The van der Waals surface area contributed by atoms with Crippen LogP contribution in [0.5, 0.6) is 0 Å². The van der Waals surface area contributed by atoms with Crippen molar-refractivity contribution in [3.63, 3.8) is 0 Å². The summed E-state index contributed by atoms with van der Waals surface area (Å²) in [4.78, 5) is 22.0. The summed E-state index contributed by atoms with van der Waals surface area (Å²) in [5, 5.41) is 3.32. The summed E-state index contributed by atoms with van der Waals surface area (Å²) >= 11 is 4.39. The van der Waals surface area contributed by atoms with Crippen molar-refractivity contribution in [2.75, 3.05) is 5.32 Å². The van der Waals surface area contributed by atoms with Crippen molar-refractivity contribution in [2.45, 2.75) is 46.2 Å². The lowest BCUT2D eigenvalue weighted by Gasteiger charge is -2.12. The summed E-state index contributed by atoms with van der Waals surface area (Å²) in [6, 6.07) is 10.1. The van der Waals surface area contributed by atoms with E-state index in [2.05, 4.69) is 35.0 Å². The monoisotopic (exact) mass is 357 g/mol. The Morgan fingerprint density at radius 1 is 1.20 bits per heavy atom. The summed E-state index contributed by atoms with van der Waals surface area (Å²) < 4.78 is 2.99. The standard InChI is InChI=1S/C18H23N5OS/c1-4-8-14-20-16(19-12(2)3)15-17(21-14)22(18(24)23(15)25)11-13-9-6-5-7-10-13/h5-7,9-10,12,25H,4,8,11H2,1-3H3,(H,19,20,21). The third kappa shape index (κ3) is 3.56. The van der Waals surface area contributed by atoms with Gasteiger partial charge in [-0.15, -0.1) is 0 Å². The van der Waals surface area contributed by atoms with E-state index in [4.69, 9.17) is 0 Å². The van der Waals surface area contributed by atoms with E-state index in [-0.39, 0.29) is 11.7 Å². The third-order valence-corrected chi connectivity index (χ3v) is 4.25. The molecular formula is C18H23N5OS. The van der Waals surface area contributed by atoms with Crippen LogP contribution in [0.15, 0.2) is 35.1 Å². The second kappa shape index (κ2) is 7.31. The van der Waals surface area contributed by atoms with Gasteiger partial charge in [-0.1, -0.05) is 50.1 Å². The first-order chi connectivity index (χ1) is 12.0. The Morgan fingerprint density at radius 3 is 2.56 bits per heavy atom. The Bertz CT molecular complexity index is 930. The Morgan fingerprint density at radius 2 is 1.92 bits per heavy atom. The highest BCUT2D eigenvalue weighted by Gasteiger charge is 2.19. The molecule has 0 saturated heterocycles. The number of aryl methyl sites for hydroxylation is 1. The predicted molar refractivity (Wildman–Crippen MR) is 104 cm³/mol. The smallest absolute Gasteiger partial charge is 0.340 e. The van der Waals surface area contributed by atoms with Crippen LogP contribution in [0.25, 0.3) is 11.2 Å². The lowest BCUT2D eigenvalue weighted by Crippen LogP contribution is -2.21. The number of hydrogen-bond donors (Lipinski definition) is 2. The molecule has 0 aliphatic rings. The number of anilines is 1. The molecule has 1 aromatic carbocycles. The summed E-state index contributed by atoms with van der Waals surface area (Å²) in [6.45, 7) is 6.61. The number of imidazole rings is 1. The van der Waals surface area contributed by atoms with Crippen LogP contribution in [-0.4, -0.2) is 24.5 Å².